The molecule has 110 valence electrons. The van der Waals surface area contributed by atoms with Crippen molar-refractivity contribution >= 4 is 45.8 Å². The van der Waals surface area contributed by atoms with Crippen LogP contribution in [0.15, 0.2) is 48.5 Å². The van der Waals surface area contributed by atoms with E-state index in [2.05, 4.69) is 20.8 Å². The molecule has 2 N–H and O–H groups in total. The van der Waals surface area contributed by atoms with Gasteiger partial charge in [-0.05, 0) is 41.9 Å². The Morgan fingerprint density at radius 3 is 2.55 bits per heavy atom. The van der Waals surface area contributed by atoms with Crippen molar-refractivity contribution in [2.75, 3.05) is 5.43 Å². The van der Waals surface area contributed by atoms with Crippen molar-refractivity contribution in [1.82, 2.24) is 15.4 Å². The summed E-state index contributed by atoms with van der Waals surface area (Å²) in [5, 5.41) is 1.30. The summed E-state index contributed by atoms with van der Waals surface area (Å²) in [7, 11) is 0. The molecular formula is C15H10Cl2N4O. The Morgan fingerprint density at radius 2 is 1.77 bits per heavy atom. The van der Waals surface area contributed by atoms with Gasteiger partial charge in [0.05, 0.1) is 5.52 Å². The number of nitrogens with zero attached hydrogens (tertiary/aromatic N) is 2. The monoisotopic (exact) mass is 332 g/mol. The highest BCUT2D eigenvalue weighted by molar-refractivity contribution is 6.31. The number of amides is 1. The van der Waals surface area contributed by atoms with Crippen LogP contribution in [-0.2, 0) is 0 Å². The summed E-state index contributed by atoms with van der Waals surface area (Å²) in [5.74, 6) is 0.119. The molecule has 7 heteroatoms. The van der Waals surface area contributed by atoms with E-state index in [0.717, 1.165) is 0 Å². The molecule has 3 rings (SSSR count). The molecule has 0 unspecified atom stereocenters. The van der Waals surface area contributed by atoms with Crippen LogP contribution in [0.3, 0.4) is 0 Å². The number of hydrogen-bond acceptors (Lipinski definition) is 4. The summed E-state index contributed by atoms with van der Waals surface area (Å²) >= 11 is 11.8. The van der Waals surface area contributed by atoms with Gasteiger partial charge in [0.15, 0.2) is 5.82 Å². The van der Waals surface area contributed by atoms with Crippen LogP contribution in [0, 0.1) is 0 Å². The molecular weight excluding hydrogens is 323 g/mol. The number of anilines is 1. The van der Waals surface area contributed by atoms with Crippen LogP contribution in [0.2, 0.25) is 10.3 Å². The molecule has 0 fully saturated rings. The molecule has 0 aliphatic rings. The second-order valence-corrected chi connectivity index (χ2v) is 5.22. The van der Waals surface area contributed by atoms with Gasteiger partial charge in [0, 0.05) is 16.0 Å². The second kappa shape index (κ2) is 6.17. The van der Waals surface area contributed by atoms with Crippen LogP contribution in [0.5, 0.6) is 0 Å². The molecule has 0 radical (unpaired) electrons. The lowest BCUT2D eigenvalue weighted by molar-refractivity contribution is 0.0962. The molecule has 0 saturated carbocycles. The van der Waals surface area contributed by atoms with Crippen molar-refractivity contribution in [3.8, 4) is 0 Å². The lowest BCUT2D eigenvalue weighted by Crippen LogP contribution is -2.29. The summed E-state index contributed by atoms with van der Waals surface area (Å²) < 4.78 is 0. The van der Waals surface area contributed by atoms with Gasteiger partial charge in [-0.3, -0.25) is 15.6 Å². The first-order valence-corrected chi connectivity index (χ1v) is 7.13. The van der Waals surface area contributed by atoms with Crippen LogP contribution < -0.4 is 10.9 Å². The van der Waals surface area contributed by atoms with Crippen LogP contribution in [0.25, 0.3) is 10.9 Å². The van der Waals surface area contributed by atoms with Gasteiger partial charge in [-0.15, -0.1) is 0 Å². The van der Waals surface area contributed by atoms with Crippen molar-refractivity contribution in [3.63, 3.8) is 0 Å². The summed E-state index contributed by atoms with van der Waals surface area (Å²) in [6, 6.07) is 14.0. The molecule has 0 saturated heterocycles. The van der Waals surface area contributed by atoms with Gasteiger partial charge in [-0.1, -0.05) is 29.8 Å². The third kappa shape index (κ3) is 3.10. The number of fused-ring (bicyclic) bond motifs is 1. The van der Waals surface area contributed by atoms with E-state index >= 15 is 0 Å². The molecule has 1 heterocycles. The zero-order chi connectivity index (χ0) is 15.5. The molecule has 0 aliphatic carbocycles. The number of halogens is 2. The van der Waals surface area contributed by atoms with E-state index in [4.69, 9.17) is 23.2 Å². The number of benzene rings is 2. The molecule has 2 aromatic carbocycles. The van der Waals surface area contributed by atoms with Crippen LogP contribution in [0.1, 0.15) is 10.4 Å². The van der Waals surface area contributed by atoms with Crippen molar-refractivity contribution in [2.45, 2.75) is 0 Å². The van der Waals surface area contributed by atoms with Gasteiger partial charge >= 0.3 is 0 Å². The lowest BCUT2D eigenvalue weighted by atomic mass is 10.2. The van der Waals surface area contributed by atoms with Gasteiger partial charge < -0.3 is 0 Å². The molecule has 0 aliphatic heterocycles. The quantitative estimate of drug-likeness (QED) is 0.567. The fourth-order valence-electron chi connectivity index (χ4n) is 1.95. The Labute approximate surface area is 136 Å². The number of carbonyl (C=O) groups is 1. The van der Waals surface area contributed by atoms with Crippen molar-refractivity contribution in [1.29, 1.82) is 0 Å². The zero-order valence-corrected chi connectivity index (χ0v) is 12.7. The normalized spacial score (nSPS) is 10.5. The average Bonchev–Trinajstić information content (AvgIpc) is 2.52. The third-order valence-electron chi connectivity index (χ3n) is 2.96. The SMILES string of the molecule is O=C(NNc1nc(Cl)nc2cc(Cl)ccc12)c1ccccc1. The maximum absolute atomic E-state index is 12.0. The number of carbonyl (C=O) groups excluding carboxylic acids is 1. The molecule has 1 amide bonds. The molecule has 0 bridgehead atoms. The highest BCUT2D eigenvalue weighted by atomic mass is 35.5. The minimum atomic E-state index is -0.280. The van der Waals surface area contributed by atoms with E-state index in [-0.39, 0.29) is 11.2 Å². The highest BCUT2D eigenvalue weighted by Crippen LogP contribution is 2.24. The fourth-order valence-corrected chi connectivity index (χ4v) is 2.29. The lowest BCUT2D eigenvalue weighted by Gasteiger charge is -2.10. The Bertz CT molecular complexity index is 834. The largest absolute Gasteiger partial charge is 0.281 e. The minimum absolute atomic E-state index is 0.0613. The van der Waals surface area contributed by atoms with E-state index in [1.165, 1.54) is 0 Å². The van der Waals surface area contributed by atoms with Crippen molar-refractivity contribution < 1.29 is 4.79 Å². The summed E-state index contributed by atoms with van der Waals surface area (Å²) in [5.41, 5.74) is 6.46. The predicted octanol–water partition coefficient (Wildman–Crippen LogP) is 3.69. The van der Waals surface area contributed by atoms with Gasteiger partial charge in [-0.25, -0.2) is 4.98 Å². The van der Waals surface area contributed by atoms with E-state index in [1.807, 2.05) is 6.07 Å². The Kier molecular flexibility index (Phi) is 4.09. The van der Waals surface area contributed by atoms with Gasteiger partial charge in [-0.2, -0.15) is 4.98 Å². The molecule has 5 nitrogen and oxygen atoms in total. The Balaban J connectivity index is 1.86. The molecule has 3 aromatic rings. The fraction of sp³-hybridized carbons (Fsp3) is 0. The minimum Gasteiger partial charge on any atom is -0.281 e. The van der Waals surface area contributed by atoms with E-state index in [1.54, 1.807) is 42.5 Å². The topological polar surface area (TPSA) is 66.9 Å². The number of rotatable bonds is 3. The third-order valence-corrected chi connectivity index (χ3v) is 3.37. The van der Waals surface area contributed by atoms with E-state index in [9.17, 15) is 4.79 Å². The number of nitrogens with one attached hydrogen (secondary N) is 2. The van der Waals surface area contributed by atoms with Crippen LogP contribution in [-0.4, -0.2) is 15.9 Å². The van der Waals surface area contributed by atoms with Gasteiger partial charge in [0.2, 0.25) is 5.28 Å². The molecule has 22 heavy (non-hydrogen) atoms. The van der Waals surface area contributed by atoms with Gasteiger partial charge in [0.25, 0.3) is 5.91 Å². The van der Waals surface area contributed by atoms with E-state index < -0.39 is 0 Å². The Morgan fingerprint density at radius 1 is 1.00 bits per heavy atom. The summed E-state index contributed by atoms with van der Waals surface area (Å²) in [4.78, 5) is 20.2. The molecule has 0 spiro atoms. The highest BCUT2D eigenvalue weighted by Gasteiger charge is 2.09. The maximum Gasteiger partial charge on any atom is 0.269 e. The first kappa shape index (κ1) is 14.6. The first-order valence-electron chi connectivity index (χ1n) is 6.38. The van der Waals surface area contributed by atoms with Crippen molar-refractivity contribution in [3.05, 3.63) is 64.4 Å². The maximum atomic E-state index is 12.0. The van der Waals surface area contributed by atoms with Crippen LogP contribution >= 0.6 is 23.2 Å². The second-order valence-electron chi connectivity index (χ2n) is 4.45. The number of hydrazine groups is 1. The average molecular weight is 333 g/mol. The Hall–Kier alpha value is -2.37. The smallest absolute Gasteiger partial charge is 0.269 e. The van der Waals surface area contributed by atoms with Crippen LogP contribution in [0.4, 0.5) is 5.82 Å². The predicted molar refractivity (Wildman–Crippen MR) is 87.1 cm³/mol. The van der Waals surface area contributed by atoms with Gasteiger partial charge in [0.1, 0.15) is 0 Å². The van der Waals surface area contributed by atoms with Crippen molar-refractivity contribution in [2.24, 2.45) is 0 Å². The number of hydrogen-bond donors (Lipinski definition) is 2. The number of aromatic nitrogens is 2. The summed E-state index contributed by atoms with van der Waals surface area (Å²) in [6.07, 6.45) is 0. The molecule has 0 atom stereocenters. The standard InChI is InChI=1S/C15H10Cl2N4O/c16-10-6-7-11-12(8-10)18-15(17)19-13(11)20-21-14(22)9-4-2-1-3-5-9/h1-8H,(H,21,22)(H,18,19,20). The zero-order valence-electron chi connectivity index (χ0n) is 11.2. The first-order chi connectivity index (χ1) is 10.6. The summed E-state index contributed by atoms with van der Waals surface area (Å²) in [6.45, 7) is 0. The molecule has 1 aromatic heterocycles. The van der Waals surface area contributed by atoms with E-state index in [0.29, 0.717) is 27.3 Å².